The number of rotatable bonds is 4. The lowest BCUT2D eigenvalue weighted by Gasteiger charge is -2.32. The van der Waals surface area contributed by atoms with Gasteiger partial charge in [0.25, 0.3) is 0 Å². The van der Waals surface area contributed by atoms with Crippen LogP contribution in [0.3, 0.4) is 0 Å². The molecule has 2 fully saturated rings. The van der Waals surface area contributed by atoms with Gasteiger partial charge < -0.3 is 9.64 Å². The number of carbonyl (C=O) groups excluding carboxylic acids is 2. The molecule has 0 radical (unpaired) electrons. The molecule has 2 amide bonds. The van der Waals surface area contributed by atoms with Crippen molar-refractivity contribution in [1.82, 2.24) is 24.8 Å². The standard InChI is InChI=1S/C23H23N5O3/c29-21(15-28-11-12-31-23(28)30)27-9-5-17(6-10-27)20-2-1-18-13-19(14-25-22(18)26-20)16-3-7-24-8-4-16/h1-4,7-8,13-14,17H,5-6,9-12,15H2. The lowest BCUT2D eigenvalue weighted by atomic mass is 9.92. The third-order valence-corrected chi connectivity index (χ3v) is 6.01. The maximum Gasteiger partial charge on any atom is 0.410 e. The summed E-state index contributed by atoms with van der Waals surface area (Å²) in [6.45, 7) is 2.28. The Morgan fingerprint density at radius 3 is 2.61 bits per heavy atom. The largest absolute Gasteiger partial charge is 0.448 e. The second-order valence-corrected chi connectivity index (χ2v) is 7.93. The Bertz CT molecular complexity index is 1110. The molecular weight excluding hydrogens is 394 g/mol. The molecule has 8 nitrogen and oxygen atoms in total. The molecule has 0 saturated carbocycles. The Morgan fingerprint density at radius 2 is 1.87 bits per heavy atom. The van der Waals surface area contributed by atoms with Crippen molar-refractivity contribution >= 4 is 23.0 Å². The van der Waals surface area contributed by atoms with Crippen LogP contribution in [0.25, 0.3) is 22.2 Å². The Morgan fingerprint density at radius 1 is 1.06 bits per heavy atom. The Balaban J connectivity index is 1.24. The predicted molar refractivity (Wildman–Crippen MR) is 114 cm³/mol. The zero-order chi connectivity index (χ0) is 21.2. The van der Waals surface area contributed by atoms with Crippen LogP contribution in [0, 0.1) is 0 Å². The smallest absolute Gasteiger partial charge is 0.410 e. The van der Waals surface area contributed by atoms with E-state index in [2.05, 4.69) is 28.2 Å². The van der Waals surface area contributed by atoms with Gasteiger partial charge in [-0.3, -0.25) is 14.7 Å². The van der Waals surface area contributed by atoms with E-state index in [1.165, 1.54) is 4.90 Å². The summed E-state index contributed by atoms with van der Waals surface area (Å²) in [5, 5.41) is 1.00. The number of likely N-dealkylation sites (tertiary alicyclic amines) is 1. The number of cyclic esters (lactones) is 1. The predicted octanol–water partition coefficient (Wildman–Crippen LogP) is 2.85. The lowest BCUT2D eigenvalue weighted by molar-refractivity contribution is -0.132. The van der Waals surface area contributed by atoms with E-state index < -0.39 is 6.09 Å². The van der Waals surface area contributed by atoms with Gasteiger partial charge in [0, 0.05) is 54.2 Å². The van der Waals surface area contributed by atoms with Gasteiger partial charge in [0.2, 0.25) is 5.91 Å². The van der Waals surface area contributed by atoms with E-state index in [1.807, 2.05) is 23.2 Å². The van der Waals surface area contributed by atoms with E-state index in [-0.39, 0.29) is 12.5 Å². The third kappa shape index (κ3) is 4.05. The minimum absolute atomic E-state index is 0.0194. The summed E-state index contributed by atoms with van der Waals surface area (Å²) in [4.78, 5) is 40.8. The van der Waals surface area contributed by atoms with Crippen LogP contribution < -0.4 is 0 Å². The monoisotopic (exact) mass is 417 g/mol. The van der Waals surface area contributed by atoms with Crippen molar-refractivity contribution < 1.29 is 14.3 Å². The van der Waals surface area contributed by atoms with Crippen LogP contribution in [0.2, 0.25) is 0 Å². The van der Waals surface area contributed by atoms with Crippen molar-refractivity contribution in [3.8, 4) is 11.1 Å². The minimum Gasteiger partial charge on any atom is -0.448 e. The summed E-state index contributed by atoms with van der Waals surface area (Å²) in [6.07, 6.45) is 6.69. The Kier molecular flexibility index (Phi) is 5.19. The molecule has 3 aromatic rings. The number of hydrogen-bond donors (Lipinski definition) is 0. The lowest BCUT2D eigenvalue weighted by Crippen LogP contribution is -2.44. The number of fused-ring (bicyclic) bond motifs is 1. The number of pyridine rings is 3. The zero-order valence-corrected chi connectivity index (χ0v) is 17.1. The van der Waals surface area contributed by atoms with Crippen molar-refractivity contribution in [2.75, 3.05) is 32.8 Å². The van der Waals surface area contributed by atoms with Gasteiger partial charge in [0.05, 0.1) is 6.54 Å². The first-order chi connectivity index (χ1) is 15.2. The summed E-state index contributed by atoms with van der Waals surface area (Å²) in [5.41, 5.74) is 3.87. The first kappa shape index (κ1) is 19.4. The number of nitrogens with zero attached hydrogens (tertiary/aromatic N) is 5. The van der Waals surface area contributed by atoms with Crippen molar-refractivity contribution in [3.63, 3.8) is 0 Å². The summed E-state index contributed by atoms with van der Waals surface area (Å²) >= 11 is 0. The van der Waals surface area contributed by atoms with Gasteiger partial charge in [0.15, 0.2) is 5.65 Å². The molecule has 2 aliphatic heterocycles. The van der Waals surface area contributed by atoms with Crippen molar-refractivity contribution in [3.05, 3.63) is 54.6 Å². The van der Waals surface area contributed by atoms with Gasteiger partial charge in [-0.2, -0.15) is 0 Å². The van der Waals surface area contributed by atoms with Gasteiger partial charge in [-0.05, 0) is 48.7 Å². The molecule has 2 aliphatic rings. The molecule has 0 unspecified atom stereocenters. The number of piperidine rings is 1. The van der Waals surface area contributed by atoms with Crippen LogP contribution in [-0.2, 0) is 9.53 Å². The number of amides is 2. The number of hydrogen-bond acceptors (Lipinski definition) is 6. The molecule has 158 valence electrons. The molecule has 8 heteroatoms. The fourth-order valence-corrected chi connectivity index (χ4v) is 4.21. The Hall–Kier alpha value is -3.55. The number of ether oxygens (including phenoxy) is 1. The molecule has 0 bridgehead atoms. The van der Waals surface area contributed by atoms with Crippen molar-refractivity contribution in [2.24, 2.45) is 0 Å². The highest BCUT2D eigenvalue weighted by molar-refractivity contribution is 5.83. The molecule has 5 rings (SSSR count). The molecule has 2 saturated heterocycles. The van der Waals surface area contributed by atoms with Gasteiger partial charge in [-0.25, -0.2) is 14.8 Å². The third-order valence-electron chi connectivity index (χ3n) is 6.01. The summed E-state index contributed by atoms with van der Waals surface area (Å²) < 4.78 is 4.90. The van der Waals surface area contributed by atoms with Crippen LogP contribution in [0.4, 0.5) is 4.79 Å². The second-order valence-electron chi connectivity index (χ2n) is 7.93. The van der Waals surface area contributed by atoms with E-state index in [9.17, 15) is 9.59 Å². The van der Waals surface area contributed by atoms with Crippen LogP contribution in [0.15, 0.2) is 48.9 Å². The quantitative estimate of drug-likeness (QED) is 0.649. The summed E-state index contributed by atoms with van der Waals surface area (Å²) in [7, 11) is 0. The van der Waals surface area contributed by atoms with Gasteiger partial charge in [-0.15, -0.1) is 0 Å². The first-order valence-corrected chi connectivity index (χ1v) is 10.5. The van der Waals surface area contributed by atoms with Crippen molar-refractivity contribution in [1.29, 1.82) is 0 Å². The highest BCUT2D eigenvalue weighted by Gasteiger charge is 2.29. The average molecular weight is 417 g/mol. The molecule has 0 atom stereocenters. The molecule has 0 aromatic carbocycles. The van der Waals surface area contributed by atoms with E-state index in [0.29, 0.717) is 32.2 Å². The average Bonchev–Trinajstić information content (AvgIpc) is 3.23. The van der Waals surface area contributed by atoms with E-state index >= 15 is 0 Å². The van der Waals surface area contributed by atoms with Gasteiger partial charge in [0.1, 0.15) is 13.2 Å². The molecule has 31 heavy (non-hydrogen) atoms. The van der Waals surface area contributed by atoms with Crippen LogP contribution in [0.1, 0.15) is 24.5 Å². The highest BCUT2D eigenvalue weighted by Crippen LogP contribution is 2.29. The molecule has 0 N–H and O–H groups in total. The zero-order valence-electron chi connectivity index (χ0n) is 17.1. The van der Waals surface area contributed by atoms with E-state index in [4.69, 9.17) is 9.72 Å². The van der Waals surface area contributed by atoms with Crippen LogP contribution in [0.5, 0.6) is 0 Å². The van der Waals surface area contributed by atoms with E-state index in [1.54, 1.807) is 12.4 Å². The van der Waals surface area contributed by atoms with E-state index in [0.717, 1.165) is 40.7 Å². The summed E-state index contributed by atoms with van der Waals surface area (Å²) in [6, 6.07) is 10.2. The molecule has 3 aromatic heterocycles. The first-order valence-electron chi connectivity index (χ1n) is 10.5. The number of carbonyl (C=O) groups is 2. The normalized spacial score (nSPS) is 17.2. The number of aromatic nitrogens is 3. The van der Waals surface area contributed by atoms with Crippen molar-refractivity contribution in [2.45, 2.75) is 18.8 Å². The maximum absolute atomic E-state index is 12.5. The van der Waals surface area contributed by atoms with Gasteiger partial charge in [-0.1, -0.05) is 0 Å². The fourth-order valence-electron chi connectivity index (χ4n) is 4.21. The maximum atomic E-state index is 12.5. The molecule has 0 aliphatic carbocycles. The minimum atomic E-state index is -0.400. The van der Waals surface area contributed by atoms with Gasteiger partial charge >= 0.3 is 6.09 Å². The highest BCUT2D eigenvalue weighted by atomic mass is 16.6. The molecular formula is C23H23N5O3. The topological polar surface area (TPSA) is 88.5 Å². The Labute approximate surface area is 179 Å². The second kappa shape index (κ2) is 8.29. The molecule has 5 heterocycles. The van der Waals surface area contributed by atoms with Crippen LogP contribution >= 0.6 is 0 Å². The fraction of sp³-hybridized carbons (Fsp3) is 0.348. The SMILES string of the molecule is O=C(CN1CCOC1=O)N1CCC(c2ccc3cc(-c4ccncc4)cnc3n2)CC1. The summed E-state index contributed by atoms with van der Waals surface area (Å²) in [5.74, 6) is 0.279. The molecule has 0 spiro atoms. The van der Waals surface area contributed by atoms with Crippen LogP contribution in [-0.4, -0.2) is 69.5 Å².